The van der Waals surface area contributed by atoms with Crippen molar-refractivity contribution in [3.05, 3.63) is 57.1 Å². The van der Waals surface area contributed by atoms with Gasteiger partial charge in [-0.3, -0.25) is 20.2 Å². The minimum atomic E-state index is -4.77. The summed E-state index contributed by atoms with van der Waals surface area (Å²) in [6.07, 6.45) is -1.99. The molecule has 0 fully saturated rings. The zero-order chi connectivity index (χ0) is 19.6. The molecule has 0 radical (unpaired) electrons. The Hall–Kier alpha value is -3.42. The van der Waals surface area contributed by atoms with Crippen LogP contribution in [0.1, 0.15) is 20.9 Å². The molecule has 0 aliphatic carbocycles. The Kier molecular flexibility index (Phi) is 4.81. The van der Waals surface area contributed by atoms with Gasteiger partial charge >= 0.3 is 6.18 Å². The van der Waals surface area contributed by atoms with Crippen LogP contribution < -0.4 is 5.32 Å². The number of nitro groups is 1. The van der Waals surface area contributed by atoms with Crippen molar-refractivity contribution >= 4 is 28.1 Å². The average molecular weight is 399 g/mol. The predicted molar refractivity (Wildman–Crippen MR) is 85.1 cm³/mol. The number of carbonyl (C=O) groups is 1. The normalized spacial score (nSPS) is 11.4. The van der Waals surface area contributed by atoms with Gasteiger partial charge in [0, 0.05) is 6.07 Å². The molecule has 0 spiro atoms. The van der Waals surface area contributed by atoms with E-state index < -0.39 is 33.8 Å². The summed E-state index contributed by atoms with van der Waals surface area (Å²) in [6.45, 7) is 0.244. The van der Waals surface area contributed by atoms with Gasteiger partial charge in [-0.05, 0) is 12.1 Å². The van der Waals surface area contributed by atoms with E-state index >= 15 is 0 Å². The molecule has 1 aromatic carbocycles. The molecule has 0 atom stereocenters. The van der Waals surface area contributed by atoms with E-state index in [1.807, 2.05) is 0 Å². The van der Waals surface area contributed by atoms with Gasteiger partial charge in [0.15, 0.2) is 0 Å². The number of nitrogens with zero attached hydrogens (tertiary/aromatic N) is 6. The van der Waals surface area contributed by atoms with Gasteiger partial charge < -0.3 is 0 Å². The maximum atomic E-state index is 12.7. The monoisotopic (exact) mass is 399 g/mol. The Bertz CT molecular complexity index is 987. The minimum Gasteiger partial charge on any atom is -0.296 e. The van der Waals surface area contributed by atoms with Gasteiger partial charge in [0.1, 0.15) is 23.2 Å². The number of aromatic nitrogens is 5. The Morgan fingerprint density at radius 1 is 1.33 bits per heavy atom. The van der Waals surface area contributed by atoms with Crippen LogP contribution in [0.3, 0.4) is 0 Å². The molecule has 1 N–H and O–H groups in total. The van der Waals surface area contributed by atoms with Crippen molar-refractivity contribution in [3.8, 4) is 0 Å². The third-order valence-electron chi connectivity index (χ3n) is 3.22. The highest BCUT2D eigenvalue weighted by atomic mass is 32.1. The van der Waals surface area contributed by atoms with Crippen LogP contribution >= 0.6 is 11.3 Å². The third kappa shape index (κ3) is 4.22. The van der Waals surface area contributed by atoms with E-state index in [0.29, 0.717) is 17.1 Å². The molecule has 0 aliphatic rings. The van der Waals surface area contributed by atoms with Gasteiger partial charge in [-0.1, -0.05) is 11.3 Å². The lowest BCUT2D eigenvalue weighted by molar-refractivity contribution is -0.385. The maximum absolute atomic E-state index is 12.7. The number of rotatable bonds is 5. The summed E-state index contributed by atoms with van der Waals surface area (Å²) < 4.78 is 39.6. The third-order valence-corrected chi connectivity index (χ3v) is 4.04. The molecule has 0 bridgehead atoms. The van der Waals surface area contributed by atoms with E-state index in [1.54, 1.807) is 0 Å². The highest BCUT2D eigenvalue weighted by Gasteiger charge is 2.34. The largest absolute Gasteiger partial charge is 0.416 e. The standard InChI is InChI=1S/C13H8F3N7O3S/c14-13(15,16)7-1-2-8(9(3-7)23(25)26)11(24)19-12-21-20-10(27-12)4-22-6-17-5-18-22/h1-3,5-6H,4H2,(H,19,21,24). The molecule has 140 valence electrons. The Morgan fingerprint density at radius 2 is 2.11 bits per heavy atom. The lowest BCUT2D eigenvalue weighted by Crippen LogP contribution is -2.15. The van der Waals surface area contributed by atoms with Crippen LogP contribution in [0.4, 0.5) is 24.0 Å². The number of amides is 1. The summed E-state index contributed by atoms with van der Waals surface area (Å²) in [5.74, 6) is -0.973. The first-order valence-corrected chi connectivity index (χ1v) is 7.87. The van der Waals surface area contributed by atoms with E-state index in [1.165, 1.54) is 17.3 Å². The van der Waals surface area contributed by atoms with E-state index in [-0.39, 0.29) is 11.7 Å². The minimum absolute atomic E-state index is 0.0318. The van der Waals surface area contributed by atoms with Crippen molar-refractivity contribution < 1.29 is 22.9 Å². The Balaban J connectivity index is 1.80. The molecule has 0 saturated heterocycles. The summed E-state index contributed by atoms with van der Waals surface area (Å²) in [7, 11) is 0. The van der Waals surface area contributed by atoms with Crippen LogP contribution in [-0.4, -0.2) is 35.8 Å². The number of anilines is 1. The van der Waals surface area contributed by atoms with Crippen LogP contribution in [0.2, 0.25) is 0 Å². The summed E-state index contributed by atoms with van der Waals surface area (Å²) in [5, 5.41) is 25.3. The molecule has 2 aromatic heterocycles. The fourth-order valence-electron chi connectivity index (χ4n) is 2.04. The molecule has 0 saturated carbocycles. The van der Waals surface area contributed by atoms with Crippen molar-refractivity contribution in [1.29, 1.82) is 0 Å². The second-order valence-corrected chi connectivity index (χ2v) is 6.10. The topological polar surface area (TPSA) is 129 Å². The average Bonchev–Trinajstić information content (AvgIpc) is 3.26. The van der Waals surface area contributed by atoms with Crippen molar-refractivity contribution in [2.75, 3.05) is 5.32 Å². The number of alkyl halides is 3. The fraction of sp³-hybridized carbons (Fsp3) is 0.154. The Labute approximate surface area is 151 Å². The highest BCUT2D eigenvalue weighted by Crippen LogP contribution is 2.33. The van der Waals surface area contributed by atoms with E-state index in [9.17, 15) is 28.1 Å². The molecule has 27 heavy (non-hydrogen) atoms. The highest BCUT2D eigenvalue weighted by molar-refractivity contribution is 7.15. The Morgan fingerprint density at radius 3 is 2.74 bits per heavy atom. The van der Waals surface area contributed by atoms with Gasteiger partial charge in [0.05, 0.1) is 17.0 Å². The van der Waals surface area contributed by atoms with Gasteiger partial charge in [0.2, 0.25) is 5.13 Å². The summed E-state index contributed by atoms with van der Waals surface area (Å²) >= 11 is 0.983. The first kappa shape index (κ1) is 18.4. The second kappa shape index (κ2) is 7.06. The van der Waals surface area contributed by atoms with Gasteiger partial charge in [-0.2, -0.15) is 18.3 Å². The SMILES string of the molecule is O=C(Nc1nnc(Cn2cncn2)s1)c1ccc(C(F)(F)F)cc1[N+](=O)[O-]. The first-order valence-electron chi connectivity index (χ1n) is 7.06. The predicted octanol–water partition coefficient (Wildman–Crippen LogP) is 2.36. The molecule has 10 nitrogen and oxygen atoms in total. The van der Waals surface area contributed by atoms with E-state index in [4.69, 9.17) is 0 Å². The van der Waals surface area contributed by atoms with Crippen molar-refractivity contribution in [2.45, 2.75) is 12.7 Å². The lowest BCUT2D eigenvalue weighted by atomic mass is 10.1. The molecule has 3 aromatic rings. The quantitative estimate of drug-likeness (QED) is 0.515. The zero-order valence-electron chi connectivity index (χ0n) is 13.0. The van der Waals surface area contributed by atoms with Crippen molar-refractivity contribution in [2.24, 2.45) is 0 Å². The number of carbonyl (C=O) groups excluding carboxylic acids is 1. The van der Waals surface area contributed by atoms with Gasteiger partial charge in [0.25, 0.3) is 11.6 Å². The molecule has 14 heteroatoms. The first-order chi connectivity index (χ1) is 12.7. The molecule has 2 heterocycles. The molecule has 1 amide bonds. The summed E-state index contributed by atoms with van der Waals surface area (Å²) in [6, 6.07) is 1.65. The van der Waals surface area contributed by atoms with Crippen molar-refractivity contribution in [3.63, 3.8) is 0 Å². The van der Waals surface area contributed by atoms with Crippen LogP contribution in [0.5, 0.6) is 0 Å². The number of nitro benzene ring substituents is 1. The summed E-state index contributed by atoms with van der Waals surface area (Å²) in [4.78, 5) is 26.0. The number of nitrogens with one attached hydrogen (secondary N) is 1. The maximum Gasteiger partial charge on any atom is 0.416 e. The van der Waals surface area contributed by atoms with Gasteiger partial charge in [-0.15, -0.1) is 10.2 Å². The smallest absolute Gasteiger partial charge is 0.296 e. The number of hydrogen-bond donors (Lipinski definition) is 1. The molecule has 0 aliphatic heterocycles. The van der Waals surface area contributed by atoms with E-state index in [0.717, 1.165) is 17.4 Å². The second-order valence-electron chi connectivity index (χ2n) is 5.03. The van der Waals surface area contributed by atoms with Crippen LogP contribution in [0.25, 0.3) is 0 Å². The number of benzene rings is 1. The molecular formula is C13H8F3N7O3S. The van der Waals surface area contributed by atoms with Crippen LogP contribution in [0.15, 0.2) is 30.9 Å². The molecular weight excluding hydrogens is 391 g/mol. The summed E-state index contributed by atoms with van der Waals surface area (Å²) in [5.41, 5.74) is -2.72. The molecule has 3 rings (SSSR count). The van der Waals surface area contributed by atoms with Gasteiger partial charge in [-0.25, -0.2) is 9.67 Å². The lowest BCUT2D eigenvalue weighted by Gasteiger charge is -2.08. The van der Waals surface area contributed by atoms with Crippen molar-refractivity contribution in [1.82, 2.24) is 25.0 Å². The van der Waals surface area contributed by atoms with Crippen LogP contribution in [0, 0.1) is 10.1 Å². The fourth-order valence-corrected chi connectivity index (χ4v) is 2.76. The number of halogens is 3. The zero-order valence-corrected chi connectivity index (χ0v) is 13.9. The van der Waals surface area contributed by atoms with Crippen LogP contribution in [-0.2, 0) is 12.7 Å². The van der Waals surface area contributed by atoms with E-state index in [2.05, 4.69) is 25.6 Å². The number of hydrogen-bond acceptors (Lipinski definition) is 8. The molecule has 0 unspecified atom stereocenters.